The van der Waals surface area contributed by atoms with Crippen molar-refractivity contribution in [3.8, 4) is 34.5 Å². The highest BCUT2D eigenvalue weighted by molar-refractivity contribution is 5.89. The molecule has 15 heteroatoms. The van der Waals surface area contributed by atoms with E-state index >= 15 is 0 Å². The standard InChI is InChI=1S/C45H61N3O12/c1-10-33(31-26-38(55-7)41(57-9)39(27-31)56-8)42(50)48-23-12-11-16-34(48)43(51)59-35(19-17-29-18-20-36(53-5)37(24-29)54-6)30-14-13-15-32(25-30)58-28-40(49)46-21-22-47-44(52)60-45(2,3)4/h13-15,18,20,24-27,33-35H,10-12,16-17,19,21-23,28H2,1-9H3,(H,46,49)(H,47,52)/t33?,34-,35?/m0/s1. The Kier molecular flexibility index (Phi) is 17.6. The Balaban J connectivity index is 1.53. The van der Waals surface area contributed by atoms with E-state index in [2.05, 4.69) is 10.6 Å². The van der Waals surface area contributed by atoms with Gasteiger partial charge in [0.2, 0.25) is 11.7 Å². The van der Waals surface area contributed by atoms with Gasteiger partial charge < -0.3 is 53.4 Å². The van der Waals surface area contributed by atoms with Gasteiger partial charge in [0.05, 0.1) is 41.5 Å². The molecule has 0 aliphatic carbocycles. The number of carbonyl (C=O) groups excluding carboxylic acids is 4. The summed E-state index contributed by atoms with van der Waals surface area (Å²) in [7, 11) is 7.72. The van der Waals surface area contributed by atoms with Crippen molar-refractivity contribution in [1.82, 2.24) is 15.5 Å². The number of likely N-dealkylation sites (tertiary alicyclic amines) is 1. The van der Waals surface area contributed by atoms with Crippen molar-refractivity contribution in [3.63, 3.8) is 0 Å². The van der Waals surface area contributed by atoms with Crippen LogP contribution < -0.4 is 39.1 Å². The predicted molar refractivity (Wildman–Crippen MR) is 224 cm³/mol. The maximum Gasteiger partial charge on any atom is 0.407 e. The minimum Gasteiger partial charge on any atom is -0.493 e. The highest BCUT2D eigenvalue weighted by Crippen LogP contribution is 2.41. The maximum absolute atomic E-state index is 14.4. The molecule has 0 bridgehead atoms. The fourth-order valence-electron chi connectivity index (χ4n) is 7.03. The molecular formula is C45H61N3O12. The maximum atomic E-state index is 14.4. The number of benzene rings is 3. The first-order valence-corrected chi connectivity index (χ1v) is 20.2. The fourth-order valence-corrected chi connectivity index (χ4v) is 7.03. The lowest BCUT2D eigenvalue weighted by Crippen LogP contribution is -2.50. The average molecular weight is 836 g/mol. The van der Waals surface area contributed by atoms with Gasteiger partial charge in [-0.05, 0) is 112 Å². The smallest absolute Gasteiger partial charge is 0.407 e. The molecule has 0 spiro atoms. The van der Waals surface area contributed by atoms with E-state index in [-0.39, 0.29) is 31.5 Å². The van der Waals surface area contributed by atoms with Crippen LogP contribution >= 0.6 is 0 Å². The summed E-state index contributed by atoms with van der Waals surface area (Å²) in [5, 5.41) is 5.30. The first kappa shape index (κ1) is 46.8. The Labute approximate surface area is 353 Å². The highest BCUT2D eigenvalue weighted by Gasteiger charge is 2.38. The molecule has 1 saturated heterocycles. The molecule has 4 rings (SSSR count). The Bertz CT molecular complexity index is 1890. The normalized spacial score (nSPS) is 14.8. The molecule has 1 aliphatic rings. The summed E-state index contributed by atoms with van der Waals surface area (Å²) in [6.45, 7) is 7.70. The molecule has 3 atom stereocenters. The summed E-state index contributed by atoms with van der Waals surface area (Å²) < 4.78 is 45.0. The van der Waals surface area contributed by atoms with Crippen molar-refractivity contribution in [2.24, 2.45) is 0 Å². The molecule has 0 saturated carbocycles. The number of hydrogen-bond acceptors (Lipinski definition) is 12. The largest absolute Gasteiger partial charge is 0.493 e. The number of amides is 3. The van der Waals surface area contributed by atoms with Crippen LogP contribution in [0.5, 0.6) is 34.5 Å². The molecule has 3 aromatic rings. The van der Waals surface area contributed by atoms with Gasteiger partial charge in [-0.15, -0.1) is 0 Å². The topological polar surface area (TPSA) is 169 Å². The molecule has 3 aromatic carbocycles. The molecule has 1 aliphatic heterocycles. The van der Waals surface area contributed by atoms with Gasteiger partial charge in [0.25, 0.3) is 5.91 Å². The van der Waals surface area contributed by atoms with Crippen LogP contribution in [-0.4, -0.2) is 102 Å². The van der Waals surface area contributed by atoms with Crippen LogP contribution in [0, 0.1) is 0 Å². The van der Waals surface area contributed by atoms with E-state index in [9.17, 15) is 19.2 Å². The van der Waals surface area contributed by atoms with E-state index in [4.69, 9.17) is 37.9 Å². The lowest BCUT2D eigenvalue weighted by atomic mass is 9.91. The number of rotatable bonds is 20. The summed E-state index contributed by atoms with van der Waals surface area (Å²) in [5.74, 6) is 1.19. The van der Waals surface area contributed by atoms with Crippen molar-refractivity contribution in [2.45, 2.75) is 89.9 Å². The van der Waals surface area contributed by atoms with Crippen LogP contribution in [0.25, 0.3) is 0 Å². The van der Waals surface area contributed by atoms with Gasteiger partial charge in [-0.2, -0.15) is 0 Å². The molecule has 1 fully saturated rings. The number of methoxy groups -OCH3 is 5. The molecule has 2 unspecified atom stereocenters. The zero-order valence-corrected chi connectivity index (χ0v) is 36.3. The number of carbonyl (C=O) groups is 4. The van der Waals surface area contributed by atoms with Crippen LogP contribution in [0.4, 0.5) is 4.79 Å². The number of hydrogen-bond donors (Lipinski definition) is 2. The molecule has 15 nitrogen and oxygen atoms in total. The van der Waals surface area contributed by atoms with Gasteiger partial charge in [0.15, 0.2) is 29.6 Å². The van der Waals surface area contributed by atoms with Crippen LogP contribution in [0.1, 0.15) is 88.5 Å². The van der Waals surface area contributed by atoms with Gasteiger partial charge >= 0.3 is 12.1 Å². The number of nitrogens with one attached hydrogen (secondary N) is 2. The third-order valence-corrected chi connectivity index (χ3v) is 9.97. The third kappa shape index (κ3) is 13.1. The molecule has 0 aromatic heterocycles. The lowest BCUT2D eigenvalue weighted by Gasteiger charge is -2.37. The number of piperidine rings is 1. The van der Waals surface area contributed by atoms with Crippen LogP contribution in [0.2, 0.25) is 0 Å². The summed E-state index contributed by atoms with van der Waals surface area (Å²) >= 11 is 0. The van der Waals surface area contributed by atoms with Crippen molar-refractivity contribution >= 4 is 23.9 Å². The minimum absolute atomic E-state index is 0.178. The number of esters is 1. The molecule has 2 N–H and O–H groups in total. The quantitative estimate of drug-likeness (QED) is 0.0933. The summed E-state index contributed by atoms with van der Waals surface area (Å²) in [5.41, 5.74) is 1.64. The van der Waals surface area contributed by atoms with Gasteiger partial charge in [0.1, 0.15) is 23.5 Å². The van der Waals surface area contributed by atoms with E-state index < -0.39 is 35.7 Å². The molecule has 60 heavy (non-hydrogen) atoms. The summed E-state index contributed by atoms with van der Waals surface area (Å²) in [6, 6.07) is 15.4. The van der Waals surface area contributed by atoms with Crippen LogP contribution in [0.3, 0.4) is 0 Å². The monoisotopic (exact) mass is 835 g/mol. The zero-order chi connectivity index (χ0) is 43.8. The number of ether oxygens (including phenoxy) is 8. The van der Waals surface area contributed by atoms with Crippen molar-refractivity contribution in [2.75, 3.05) is 61.8 Å². The fraction of sp³-hybridized carbons (Fsp3) is 0.511. The number of alkyl carbamates (subject to hydrolysis) is 1. The first-order valence-electron chi connectivity index (χ1n) is 20.2. The van der Waals surface area contributed by atoms with E-state index in [0.29, 0.717) is 77.9 Å². The third-order valence-electron chi connectivity index (χ3n) is 9.97. The molecule has 1 heterocycles. The molecular weight excluding hydrogens is 775 g/mol. The van der Waals surface area contributed by atoms with Crippen molar-refractivity contribution in [1.29, 1.82) is 0 Å². The number of nitrogens with zero attached hydrogens (tertiary/aromatic N) is 1. The number of aryl methyl sites for hydroxylation is 1. The Hall–Kier alpha value is -5.86. The predicted octanol–water partition coefficient (Wildman–Crippen LogP) is 6.54. The second-order valence-electron chi connectivity index (χ2n) is 15.3. The van der Waals surface area contributed by atoms with E-state index in [1.54, 1.807) is 70.2 Å². The lowest BCUT2D eigenvalue weighted by molar-refractivity contribution is -0.162. The van der Waals surface area contributed by atoms with Crippen molar-refractivity contribution in [3.05, 3.63) is 71.3 Å². The summed E-state index contributed by atoms with van der Waals surface area (Å²) in [6.07, 6.45) is 2.00. The van der Waals surface area contributed by atoms with E-state index in [1.807, 2.05) is 31.2 Å². The minimum atomic E-state index is -0.807. The Morgan fingerprint density at radius 1 is 0.783 bits per heavy atom. The van der Waals surface area contributed by atoms with E-state index in [1.165, 1.54) is 21.3 Å². The molecule has 328 valence electrons. The highest BCUT2D eigenvalue weighted by atomic mass is 16.6. The van der Waals surface area contributed by atoms with Crippen LogP contribution in [-0.2, 0) is 30.3 Å². The first-order chi connectivity index (χ1) is 28.7. The molecule has 0 radical (unpaired) electrons. The second-order valence-corrected chi connectivity index (χ2v) is 15.3. The second kappa shape index (κ2) is 22.5. The van der Waals surface area contributed by atoms with Gasteiger partial charge in [-0.1, -0.05) is 25.1 Å². The summed E-state index contributed by atoms with van der Waals surface area (Å²) in [4.78, 5) is 54.9. The van der Waals surface area contributed by atoms with Crippen LogP contribution in [0.15, 0.2) is 54.6 Å². The van der Waals surface area contributed by atoms with E-state index in [0.717, 1.165) is 18.4 Å². The zero-order valence-electron chi connectivity index (χ0n) is 36.3. The van der Waals surface area contributed by atoms with Gasteiger partial charge in [-0.25, -0.2) is 9.59 Å². The van der Waals surface area contributed by atoms with Crippen molar-refractivity contribution < 1.29 is 57.1 Å². The van der Waals surface area contributed by atoms with Gasteiger partial charge in [0, 0.05) is 19.6 Å². The Morgan fingerprint density at radius 3 is 2.10 bits per heavy atom. The SMILES string of the molecule is CCC(C(=O)N1CCCC[C@H]1C(=O)OC(CCc1ccc(OC)c(OC)c1)c1cccc(OCC(=O)NCCNC(=O)OC(C)(C)C)c1)c1cc(OC)c(OC)c(OC)c1. The molecule has 3 amide bonds. The van der Waals surface area contributed by atoms with Gasteiger partial charge in [-0.3, -0.25) is 9.59 Å². The Morgan fingerprint density at radius 2 is 1.47 bits per heavy atom. The average Bonchev–Trinajstić information content (AvgIpc) is 3.24.